The zero-order valence-corrected chi connectivity index (χ0v) is 15.0. The Labute approximate surface area is 159 Å². The number of ether oxygens (including phenoxy) is 1. The van der Waals surface area contributed by atoms with E-state index in [1.54, 1.807) is 31.2 Å². The molecular formula is C20H14ClNO5. The van der Waals surface area contributed by atoms with Crippen LogP contribution in [0.3, 0.4) is 0 Å². The molecule has 6 nitrogen and oxygen atoms in total. The third-order valence-corrected chi connectivity index (χ3v) is 4.25. The van der Waals surface area contributed by atoms with Gasteiger partial charge in [0.2, 0.25) is 0 Å². The summed E-state index contributed by atoms with van der Waals surface area (Å²) >= 11 is 6.16. The molecule has 0 heterocycles. The Morgan fingerprint density at radius 3 is 2.22 bits per heavy atom. The fourth-order valence-electron chi connectivity index (χ4n) is 2.72. The van der Waals surface area contributed by atoms with E-state index in [1.807, 2.05) is 0 Å². The summed E-state index contributed by atoms with van der Waals surface area (Å²) in [5.74, 6) is -1.90. The highest BCUT2D eigenvalue weighted by Crippen LogP contribution is 2.33. The van der Waals surface area contributed by atoms with Gasteiger partial charge in [0.15, 0.2) is 18.2 Å². The maximum Gasteiger partial charge on any atom is 0.330 e. The van der Waals surface area contributed by atoms with Crippen molar-refractivity contribution in [3.63, 3.8) is 0 Å². The van der Waals surface area contributed by atoms with Crippen molar-refractivity contribution in [1.82, 2.24) is 0 Å². The molecule has 3 rings (SSSR count). The minimum absolute atomic E-state index is 0.0995. The van der Waals surface area contributed by atoms with Crippen LogP contribution in [0.25, 0.3) is 0 Å². The third-order valence-electron chi connectivity index (χ3n) is 3.94. The monoisotopic (exact) mass is 383 g/mol. The highest BCUT2D eigenvalue weighted by atomic mass is 35.5. The molecule has 1 amide bonds. The minimum Gasteiger partial charge on any atom is -0.452 e. The number of hydrogen-bond acceptors (Lipinski definition) is 5. The van der Waals surface area contributed by atoms with Crippen molar-refractivity contribution in [2.24, 2.45) is 0 Å². The van der Waals surface area contributed by atoms with Gasteiger partial charge < -0.3 is 10.1 Å². The molecule has 27 heavy (non-hydrogen) atoms. The van der Waals surface area contributed by atoms with E-state index in [9.17, 15) is 19.2 Å². The summed E-state index contributed by atoms with van der Waals surface area (Å²) in [5.41, 5.74) is 1.11. The molecule has 0 saturated carbocycles. The van der Waals surface area contributed by atoms with Gasteiger partial charge >= 0.3 is 5.97 Å². The Kier molecular flexibility index (Phi) is 5.19. The van der Waals surface area contributed by atoms with Gasteiger partial charge in [-0.2, -0.15) is 0 Å². The number of carbonyl (C=O) groups excluding carboxylic acids is 4. The number of halogens is 1. The molecule has 0 radical (unpaired) electrons. The molecule has 1 aliphatic carbocycles. The number of benzene rings is 2. The van der Waals surface area contributed by atoms with Gasteiger partial charge in [-0.15, -0.1) is 0 Å². The molecule has 2 aromatic rings. The quantitative estimate of drug-likeness (QED) is 0.552. The van der Waals surface area contributed by atoms with E-state index in [2.05, 4.69) is 5.32 Å². The molecule has 0 aliphatic heterocycles. The van der Waals surface area contributed by atoms with Crippen molar-refractivity contribution >= 4 is 40.7 Å². The van der Waals surface area contributed by atoms with E-state index in [4.69, 9.17) is 16.3 Å². The first-order valence-corrected chi connectivity index (χ1v) is 8.41. The number of ketones is 2. The first-order chi connectivity index (χ1) is 12.9. The molecule has 1 aliphatic rings. The maximum absolute atomic E-state index is 12.7. The molecule has 1 N–H and O–H groups in total. The van der Waals surface area contributed by atoms with Crippen LogP contribution in [0.15, 0.2) is 48.6 Å². The van der Waals surface area contributed by atoms with Crippen molar-refractivity contribution in [3.8, 4) is 0 Å². The van der Waals surface area contributed by atoms with Gasteiger partial charge in [0.05, 0.1) is 10.7 Å². The first kappa shape index (κ1) is 18.5. The van der Waals surface area contributed by atoms with Crippen LogP contribution in [-0.4, -0.2) is 30.0 Å². The molecule has 0 bridgehead atoms. The van der Waals surface area contributed by atoms with E-state index in [1.165, 1.54) is 24.3 Å². The van der Waals surface area contributed by atoms with E-state index in [0.717, 1.165) is 0 Å². The molecule has 2 aromatic carbocycles. The number of nitrogens with one attached hydrogen (secondary N) is 1. The second-order valence-electron chi connectivity index (χ2n) is 5.74. The van der Waals surface area contributed by atoms with E-state index < -0.39 is 18.5 Å². The van der Waals surface area contributed by atoms with E-state index in [0.29, 0.717) is 11.1 Å². The van der Waals surface area contributed by atoms with Crippen LogP contribution in [0, 0.1) is 0 Å². The Hall–Kier alpha value is -3.25. The molecule has 0 spiro atoms. The summed E-state index contributed by atoms with van der Waals surface area (Å²) in [4.78, 5) is 48.5. The Balaban J connectivity index is 1.86. The van der Waals surface area contributed by atoms with Gasteiger partial charge in [-0.1, -0.05) is 41.9 Å². The van der Waals surface area contributed by atoms with Gasteiger partial charge in [-0.25, -0.2) is 4.79 Å². The van der Waals surface area contributed by atoms with Crippen molar-refractivity contribution in [2.75, 3.05) is 11.9 Å². The largest absolute Gasteiger partial charge is 0.452 e. The summed E-state index contributed by atoms with van der Waals surface area (Å²) < 4.78 is 4.75. The summed E-state index contributed by atoms with van der Waals surface area (Å²) in [6.07, 6.45) is 2.67. The van der Waals surface area contributed by atoms with Crippen LogP contribution in [0.1, 0.15) is 38.8 Å². The molecule has 7 heteroatoms. The van der Waals surface area contributed by atoms with Crippen LogP contribution < -0.4 is 5.32 Å². The first-order valence-electron chi connectivity index (χ1n) is 8.03. The zero-order valence-electron chi connectivity index (χ0n) is 14.2. The van der Waals surface area contributed by atoms with Crippen LogP contribution in [0.4, 0.5) is 5.69 Å². The number of anilines is 1. The summed E-state index contributed by atoms with van der Waals surface area (Å²) in [7, 11) is 0. The molecule has 0 atom stereocenters. The Morgan fingerprint density at radius 1 is 1.04 bits per heavy atom. The van der Waals surface area contributed by atoms with Crippen LogP contribution in [-0.2, 0) is 14.3 Å². The minimum atomic E-state index is -0.651. The van der Waals surface area contributed by atoms with Gasteiger partial charge in [0.25, 0.3) is 5.91 Å². The van der Waals surface area contributed by atoms with Crippen molar-refractivity contribution < 1.29 is 23.9 Å². The molecular weight excluding hydrogens is 370 g/mol. The lowest BCUT2D eigenvalue weighted by Gasteiger charge is -2.19. The van der Waals surface area contributed by atoms with E-state index >= 15 is 0 Å². The standard InChI is InChI=1S/C20H14ClNO5/c1-2-5-18(24)27-10-17(23)22-16-9-14-13(8-15(16)21)19(25)11-6-3-4-7-12(11)20(14)26/h2-9H,10H2,1H3,(H,22,23)/b5-2+. The fraction of sp³-hybridized carbons (Fsp3) is 0.100. The maximum atomic E-state index is 12.7. The number of hydrogen-bond donors (Lipinski definition) is 1. The smallest absolute Gasteiger partial charge is 0.330 e. The number of amides is 1. The Morgan fingerprint density at radius 2 is 1.63 bits per heavy atom. The van der Waals surface area contributed by atoms with Crippen LogP contribution in [0.5, 0.6) is 0 Å². The van der Waals surface area contributed by atoms with Gasteiger partial charge in [-0.05, 0) is 19.1 Å². The lowest BCUT2D eigenvalue weighted by Crippen LogP contribution is -2.23. The third kappa shape index (κ3) is 3.66. The van der Waals surface area contributed by atoms with Crippen LogP contribution in [0.2, 0.25) is 5.02 Å². The number of carbonyl (C=O) groups is 4. The molecule has 0 saturated heterocycles. The van der Waals surface area contributed by atoms with Crippen LogP contribution >= 0.6 is 11.6 Å². The fourth-order valence-corrected chi connectivity index (χ4v) is 2.93. The summed E-state index contributed by atoms with van der Waals surface area (Å²) in [6, 6.07) is 9.23. The van der Waals surface area contributed by atoms with Crippen molar-refractivity contribution in [2.45, 2.75) is 6.92 Å². The zero-order chi connectivity index (χ0) is 19.6. The molecule has 0 unspecified atom stereocenters. The normalized spacial score (nSPS) is 12.5. The van der Waals surface area contributed by atoms with Crippen molar-refractivity contribution in [1.29, 1.82) is 0 Å². The van der Waals surface area contributed by atoms with E-state index in [-0.39, 0.29) is 33.4 Å². The van der Waals surface area contributed by atoms with Gasteiger partial charge in [0, 0.05) is 28.3 Å². The molecule has 0 aromatic heterocycles. The number of fused-ring (bicyclic) bond motifs is 2. The average Bonchev–Trinajstić information content (AvgIpc) is 2.66. The SMILES string of the molecule is C/C=C/C(=O)OCC(=O)Nc1cc2c(cc1Cl)C(=O)c1ccccc1C2=O. The second-order valence-corrected chi connectivity index (χ2v) is 6.14. The summed E-state index contributed by atoms with van der Waals surface area (Å²) in [5, 5.41) is 2.58. The van der Waals surface area contributed by atoms with Gasteiger partial charge in [-0.3, -0.25) is 14.4 Å². The summed E-state index contributed by atoms with van der Waals surface area (Å²) in [6.45, 7) is 1.14. The Bertz CT molecular complexity index is 1010. The van der Waals surface area contributed by atoms with Crippen molar-refractivity contribution in [3.05, 3.63) is 75.8 Å². The number of allylic oxidation sites excluding steroid dienone is 1. The predicted molar refractivity (Wildman–Crippen MR) is 99.2 cm³/mol. The van der Waals surface area contributed by atoms with Gasteiger partial charge in [0.1, 0.15) is 0 Å². The predicted octanol–water partition coefficient (Wildman–Crippen LogP) is 3.17. The topological polar surface area (TPSA) is 89.5 Å². The second kappa shape index (κ2) is 7.55. The number of rotatable bonds is 4. The number of esters is 1. The average molecular weight is 384 g/mol. The molecule has 136 valence electrons. The molecule has 0 fully saturated rings. The lowest BCUT2D eigenvalue weighted by molar-refractivity contribution is -0.142. The highest BCUT2D eigenvalue weighted by molar-refractivity contribution is 6.36. The highest BCUT2D eigenvalue weighted by Gasteiger charge is 2.30. The lowest BCUT2D eigenvalue weighted by atomic mass is 9.84.